The molecule has 0 aliphatic carbocycles. The van der Waals surface area contributed by atoms with Crippen LogP contribution in [0.1, 0.15) is 35.6 Å². The number of aryl methyl sites for hydroxylation is 2. The first-order valence-electron chi connectivity index (χ1n) is 8.00. The van der Waals surface area contributed by atoms with E-state index in [1.165, 1.54) is 0 Å². The van der Waals surface area contributed by atoms with Crippen LogP contribution in [-0.4, -0.2) is 26.9 Å². The minimum Gasteiger partial charge on any atom is -0.490 e. The van der Waals surface area contributed by atoms with E-state index in [2.05, 4.69) is 15.3 Å². The van der Waals surface area contributed by atoms with Crippen molar-refractivity contribution in [2.45, 2.75) is 27.2 Å². The first-order valence-corrected chi connectivity index (χ1v) is 8.00. The van der Waals surface area contributed by atoms with Gasteiger partial charge in [-0.2, -0.15) is 0 Å². The van der Waals surface area contributed by atoms with Gasteiger partial charge in [0.1, 0.15) is 11.5 Å². The van der Waals surface area contributed by atoms with Gasteiger partial charge in [0.15, 0.2) is 11.4 Å². The molecule has 0 saturated heterocycles. The average Bonchev–Trinajstić information content (AvgIpc) is 2.95. The molecule has 1 amide bonds. The number of imidazole rings is 1. The number of carbonyl (C=O) groups is 1. The van der Waals surface area contributed by atoms with E-state index in [1.54, 1.807) is 10.6 Å². The monoisotopic (exact) mass is 324 g/mol. The van der Waals surface area contributed by atoms with Crippen LogP contribution in [0, 0.1) is 6.92 Å². The Hall–Kier alpha value is -2.89. The van der Waals surface area contributed by atoms with Gasteiger partial charge in [0.2, 0.25) is 0 Å². The molecule has 24 heavy (non-hydrogen) atoms. The van der Waals surface area contributed by atoms with E-state index in [0.717, 1.165) is 11.3 Å². The number of aromatic nitrogens is 3. The quantitative estimate of drug-likeness (QED) is 0.782. The summed E-state index contributed by atoms with van der Waals surface area (Å²) >= 11 is 0. The highest BCUT2D eigenvalue weighted by Crippen LogP contribution is 2.23. The minimum absolute atomic E-state index is 0.230. The van der Waals surface area contributed by atoms with E-state index in [4.69, 9.17) is 4.74 Å². The van der Waals surface area contributed by atoms with E-state index in [9.17, 15) is 4.79 Å². The predicted octanol–water partition coefficient (Wildman–Crippen LogP) is 3.25. The summed E-state index contributed by atoms with van der Waals surface area (Å²) in [5, 5.41) is 2.85. The largest absolute Gasteiger partial charge is 0.490 e. The predicted molar refractivity (Wildman–Crippen MR) is 92.7 cm³/mol. The number of fused-ring (bicyclic) bond motifs is 1. The number of nitrogens with zero attached hydrogens (tertiary/aromatic N) is 3. The van der Waals surface area contributed by atoms with Crippen molar-refractivity contribution in [3.05, 3.63) is 53.6 Å². The maximum Gasteiger partial charge on any atom is 0.275 e. The topological polar surface area (TPSA) is 68.5 Å². The van der Waals surface area contributed by atoms with Crippen LogP contribution in [-0.2, 0) is 6.42 Å². The number of rotatable bonds is 5. The van der Waals surface area contributed by atoms with Crippen molar-refractivity contribution in [2.24, 2.45) is 0 Å². The van der Waals surface area contributed by atoms with E-state index < -0.39 is 0 Å². The summed E-state index contributed by atoms with van der Waals surface area (Å²) in [5.41, 5.74) is 2.93. The summed E-state index contributed by atoms with van der Waals surface area (Å²) in [4.78, 5) is 21.6. The zero-order valence-corrected chi connectivity index (χ0v) is 14.0. The van der Waals surface area contributed by atoms with Gasteiger partial charge in [-0.05, 0) is 50.1 Å². The lowest BCUT2D eigenvalue weighted by Gasteiger charge is -2.07. The van der Waals surface area contributed by atoms with E-state index >= 15 is 0 Å². The van der Waals surface area contributed by atoms with Gasteiger partial charge in [-0.1, -0.05) is 6.92 Å². The lowest BCUT2D eigenvalue weighted by Crippen LogP contribution is -2.17. The Balaban J connectivity index is 2.04. The molecule has 0 spiro atoms. The Morgan fingerprint density at radius 1 is 1.33 bits per heavy atom. The molecule has 0 aliphatic rings. The zero-order valence-electron chi connectivity index (χ0n) is 14.0. The second kappa shape index (κ2) is 6.70. The van der Waals surface area contributed by atoms with Crippen LogP contribution in [0.25, 0.3) is 5.65 Å². The Kier molecular flexibility index (Phi) is 4.46. The molecule has 0 aliphatic heterocycles. The SMILES string of the molecule is CCOc1cccn2c(C(=O)Nc3cc(C)ccn3)c(CC)nc12. The van der Waals surface area contributed by atoms with E-state index in [1.807, 2.05) is 51.2 Å². The molecule has 0 radical (unpaired) electrons. The maximum absolute atomic E-state index is 12.8. The van der Waals surface area contributed by atoms with Gasteiger partial charge in [-0.15, -0.1) is 0 Å². The van der Waals surface area contributed by atoms with E-state index in [0.29, 0.717) is 35.9 Å². The molecule has 0 saturated carbocycles. The highest BCUT2D eigenvalue weighted by atomic mass is 16.5. The number of amides is 1. The summed E-state index contributed by atoms with van der Waals surface area (Å²) < 4.78 is 7.39. The molecule has 3 rings (SSSR count). The van der Waals surface area contributed by atoms with Crippen molar-refractivity contribution in [3.8, 4) is 5.75 Å². The Labute approximate surface area is 140 Å². The van der Waals surface area contributed by atoms with Crippen LogP contribution in [0.4, 0.5) is 5.82 Å². The molecule has 6 nitrogen and oxygen atoms in total. The summed E-state index contributed by atoms with van der Waals surface area (Å²) in [6.45, 7) is 6.40. The van der Waals surface area contributed by atoms with Crippen molar-refractivity contribution < 1.29 is 9.53 Å². The van der Waals surface area contributed by atoms with Gasteiger partial charge in [0, 0.05) is 12.4 Å². The molecular weight excluding hydrogens is 304 g/mol. The van der Waals surface area contributed by atoms with Crippen molar-refractivity contribution in [3.63, 3.8) is 0 Å². The third-order valence-corrected chi connectivity index (χ3v) is 3.69. The van der Waals surface area contributed by atoms with Gasteiger partial charge in [0.05, 0.1) is 12.3 Å². The fourth-order valence-corrected chi connectivity index (χ4v) is 2.62. The smallest absolute Gasteiger partial charge is 0.275 e. The molecule has 0 atom stereocenters. The number of hydrogen-bond donors (Lipinski definition) is 1. The second-order valence-corrected chi connectivity index (χ2v) is 5.43. The molecular formula is C18H20N4O2. The highest BCUT2D eigenvalue weighted by Gasteiger charge is 2.20. The number of carbonyl (C=O) groups excluding carboxylic acids is 1. The normalized spacial score (nSPS) is 10.8. The number of hydrogen-bond acceptors (Lipinski definition) is 4. The van der Waals surface area contributed by atoms with Crippen LogP contribution < -0.4 is 10.1 Å². The summed E-state index contributed by atoms with van der Waals surface area (Å²) in [7, 11) is 0. The number of ether oxygens (including phenoxy) is 1. The van der Waals surface area contributed by atoms with Crippen LogP contribution >= 0.6 is 0 Å². The lowest BCUT2D eigenvalue weighted by molar-refractivity contribution is 0.102. The fourth-order valence-electron chi connectivity index (χ4n) is 2.62. The summed E-state index contributed by atoms with van der Waals surface area (Å²) in [6, 6.07) is 7.42. The molecule has 3 aromatic heterocycles. The number of nitrogens with one attached hydrogen (secondary N) is 1. The van der Waals surface area contributed by atoms with Gasteiger partial charge in [-0.3, -0.25) is 9.20 Å². The molecule has 0 unspecified atom stereocenters. The maximum atomic E-state index is 12.8. The fraction of sp³-hybridized carbons (Fsp3) is 0.278. The van der Waals surface area contributed by atoms with Crippen LogP contribution in [0.15, 0.2) is 36.7 Å². The first kappa shape index (κ1) is 16.0. The molecule has 1 N–H and O–H groups in total. The average molecular weight is 324 g/mol. The second-order valence-electron chi connectivity index (χ2n) is 5.43. The van der Waals surface area contributed by atoms with Gasteiger partial charge >= 0.3 is 0 Å². The number of pyridine rings is 2. The molecule has 0 fully saturated rings. The van der Waals surface area contributed by atoms with Gasteiger partial charge in [-0.25, -0.2) is 9.97 Å². The van der Waals surface area contributed by atoms with Crippen molar-refractivity contribution in [1.29, 1.82) is 0 Å². The van der Waals surface area contributed by atoms with Crippen LogP contribution in [0.3, 0.4) is 0 Å². The summed E-state index contributed by atoms with van der Waals surface area (Å²) in [6.07, 6.45) is 4.15. The first-order chi connectivity index (χ1) is 11.6. The molecule has 3 aromatic rings. The molecule has 0 aromatic carbocycles. The molecule has 6 heteroatoms. The highest BCUT2D eigenvalue weighted by molar-refractivity contribution is 6.04. The van der Waals surface area contributed by atoms with Gasteiger partial charge < -0.3 is 10.1 Å². The van der Waals surface area contributed by atoms with Crippen LogP contribution in [0.2, 0.25) is 0 Å². The van der Waals surface area contributed by atoms with Crippen molar-refractivity contribution >= 4 is 17.4 Å². The molecule has 0 bridgehead atoms. The Morgan fingerprint density at radius 2 is 2.17 bits per heavy atom. The lowest BCUT2D eigenvalue weighted by atomic mass is 10.2. The standard InChI is InChI=1S/C18H20N4O2/c1-4-13-16(18(23)21-15-11-12(3)8-9-19-15)22-10-6-7-14(24-5-2)17(22)20-13/h6-11H,4-5H2,1-3H3,(H,19,21,23). The summed E-state index contributed by atoms with van der Waals surface area (Å²) in [5.74, 6) is 0.964. The third kappa shape index (κ3) is 2.95. The van der Waals surface area contributed by atoms with Crippen LogP contribution in [0.5, 0.6) is 5.75 Å². The molecule has 124 valence electrons. The number of anilines is 1. The van der Waals surface area contributed by atoms with Crippen molar-refractivity contribution in [2.75, 3.05) is 11.9 Å². The minimum atomic E-state index is -0.230. The zero-order chi connectivity index (χ0) is 17.1. The van der Waals surface area contributed by atoms with Gasteiger partial charge in [0.25, 0.3) is 5.91 Å². The third-order valence-electron chi connectivity index (χ3n) is 3.69. The van der Waals surface area contributed by atoms with E-state index in [-0.39, 0.29) is 5.91 Å². The molecule has 3 heterocycles. The Bertz CT molecular complexity index is 886. The Morgan fingerprint density at radius 3 is 2.88 bits per heavy atom. The van der Waals surface area contributed by atoms with Crippen molar-refractivity contribution in [1.82, 2.24) is 14.4 Å².